The Bertz CT molecular complexity index is 464. The second-order valence-corrected chi connectivity index (χ2v) is 4.76. The molecule has 2 aromatic rings. The number of rotatable bonds is 5. The van der Waals surface area contributed by atoms with E-state index in [0.29, 0.717) is 0 Å². The highest BCUT2D eigenvalue weighted by atomic mass is 35.5. The van der Waals surface area contributed by atoms with Gasteiger partial charge in [-0.2, -0.15) is 0 Å². The van der Waals surface area contributed by atoms with Gasteiger partial charge < -0.3 is 5.32 Å². The highest BCUT2D eigenvalue weighted by Crippen LogP contribution is 2.20. The molecule has 0 atom stereocenters. The summed E-state index contributed by atoms with van der Waals surface area (Å²) < 4.78 is 0. The number of hydrogen-bond donors (Lipinski definition) is 1. The minimum atomic E-state index is 0.744. The first-order valence-corrected chi connectivity index (χ1v) is 6.61. The molecule has 5 heteroatoms. The largest absolute Gasteiger partial charge is 0.383 e. The van der Waals surface area contributed by atoms with Gasteiger partial charge in [-0.25, -0.2) is 9.97 Å². The SMILES string of the molecule is Clc1ccccc1NCCSc1ncccn1. The summed E-state index contributed by atoms with van der Waals surface area (Å²) in [5.41, 5.74) is 0.962. The third kappa shape index (κ3) is 3.91. The maximum atomic E-state index is 6.03. The molecular formula is C12H12ClN3S. The molecule has 17 heavy (non-hydrogen) atoms. The lowest BCUT2D eigenvalue weighted by atomic mass is 10.3. The Balaban J connectivity index is 1.76. The zero-order chi connectivity index (χ0) is 11.9. The van der Waals surface area contributed by atoms with E-state index in [1.54, 1.807) is 24.2 Å². The van der Waals surface area contributed by atoms with Crippen molar-refractivity contribution in [1.29, 1.82) is 0 Å². The van der Waals surface area contributed by atoms with E-state index in [1.807, 2.05) is 30.3 Å². The Morgan fingerprint density at radius 2 is 1.88 bits per heavy atom. The Kier molecular flexibility index (Phi) is 4.64. The molecule has 88 valence electrons. The molecule has 0 aliphatic rings. The highest BCUT2D eigenvalue weighted by Gasteiger charge is 1.98. The number of halogens is 1. The lowest BCUT2D eigenvalue weighted by Crippen LogP contribution is -2.04. The summed E-state index contributed by atoms with van der Waals surface area (Å²) in [6.07, 6.45) is 3.49. The van der Waals surface area contributed by atoms with Crippen molar-refractivity contribution in [2.45, 2.75) is 5.16 Å². The van der Waals surface area contributed by atoms with Gasteiger partial charge in [0.2, 0.25) is 0 Å². The molecule has 0 saturated carbocycles. The number of para-hydroxylation sites is 1. The van der Waals surface area contributed by atoms with Crippen LogP contribution in [0.1, 0.15) is 0 Å². The quantitative estimate of drug-likeness (QED) is 0.511. The topological polar surface area (TPSA) is 37.8 Å². The van der Waals surface area contributed by atoms with Crippen molar-refractivity contribution < 1.29 is 0 Å². The van der Waals surface area contributed by atoms with Gasteiger partial charge in [-0.05, 0) is 18.2 Å². The van der Waals surface area contributed by atoms with Crippen LogP contribution in [0.5, 0.6) is 0 Å². The van der Waals surface area contributed by atoms with Gasteiger partial charge in [0, 0.05) is 24.7 Å². The molecular weight excluding hydrogens is 254 g/mol. The predicted octanol–water partition coefficient (Wildman–Crippen LogP) is 3.33. The fraction of sp³-hybridized carbons (Fsp3) is 0.167. The van der Waals surface area contributed by atoms with Gasteiger partial charge in [0.05, 0.1) is 10.7 Å². The Morgan fingerprint density at radius 3 is 2.65 bits per heavy atom. The third-order valence-electron chi connectivity index (χ3n) is 2.06. The zero-order valence-corrected chi connectivity index (χ0v) is 10.7. The van der Waals surface area contributed by atoms with Crippen molar-refractivity contribution in [3.8, 4) is 0 Å². The van der Waals surface area contributed by atoms with E-state index in [9.17, 15) is 0 Å². The average molecular weight is 266 g/mol. The van der Waals surface area contributed by atoms with E-state index < -0.39 is 0 Å². The number of nitrogens with zero attached hydrogens (tertiary/aromatic N) is 2. The predicted molar refractivity (Wildman–Crippen MR) is 72.7 cm³/mol. The number of anilines is 1. The molecule has 1 N–H and O–H groups in total. The molecule has 0 bridgehead atoms. The molecule has 0 aliphatic carbocycles. The molecule has 1 aromatic carbocycles. The molecule has 0 radical (unpaired) electrons. The van der Waals surface area contributed by atoms with E-state index in [1.165, 1.54) is 0 Å². The molecule has 1 aromatic heterocycles. The summed E-state index contributed by atoms with van der Waals surface area (Å²) >= 11 is 7.64. The van der Waals surface area contributed by atoms with Gasteiger partial charge in [-0.3, -0.25) is 0 Å². The standard InChI is InChI=1S/C12H12ClN3S/c13-10-4-1-2-5-11(10)14-8-9-17-12-15-6-3-7-16-12/h1-7,14H,8-9H2. The van der Waals surface area contributed by atoms with Crippen molar-refractivity contribution in [3.05, 3.63) is 47.7 Å². The van der Waals surface area contributed by atoms with Gasteiger partial charge in [0.15, 0.2) is 5.16 Å². The molecule has 0 spiro atoms. The number of nitrogens with one attached hydrogen (secondary N) is 1. The van der Waals surface area contributed by atoms with E-state index in [2.05, 4.69) is 15.3 Å². The normalized spacial score (nSPS) is 10.2. The van der Waals surface area contributed by atoms with Gasteiger partial charge in [0.1, 0.15) is 0 Å². The van der Waals surface area contributed by atoms with Crippen molar-refractivity contribution in [2.75, 3.05) is 17.6 Å². The molecule has 3 nitrogen and oxygen atoms in total. The van der Waals surface area contributed by atoms with E-state index >= 15 is 0 Å². The fourth-order valence-electron chi connectivity index (χ4n) is 1.29. The first kappa shape index (κ1) is 12.2. The van der Waals surface area contributed by atoms with Crippen LogP contribution in [0.2, 0.25) is 5.02 Å². The number of benzene rings is 1. The van der Waals surface area contributed by atoms with Crippen LogP contribution in [-0.4, -0.2) is 22.3 Å². The maximum Gasteiger partial charge on any atom is 0.187 e. The van der Waals surface area contributed by atoms with Crippen LogP contribution >= 0.6 is 23.4 Å². The minimum Gasteiger partial charge on any atom is -0.383 e. The maximum absolute atomic E-state index is 6.03. The second kappa shape index (κ2) is 6.47. The monoisotopic (exact) mass is 265 g/mol. The van der Waals surface area contributed by atoms with Crippen molar-refractivity contribution in [3.63, 3.8) is 0 Å². The summed E-state index contributed by atoms with van der Waals surface area (Å²) in [6.45, 7) is 0.826. The van der Waals surface area contributed by atoms with Gasteiger partial charge >= 0.3 is 0 Å². The van der Waals surface area contributed by atoms with Crippen LogP contribution in [0.15, 0.2) is 47.9 Å². The van der Waals surface area contributed by atoms with Crippen LogP contribution < -0.4 is 5.32 Å². The van der Waals surface area contributed by atoms with Gasteiger partial charge in [-0.1, -0.05) is 35.5 Å². The van der Waals surface area contributed by atoms with Crippen LogP contribution in [0.4, 0.5) is 5.69 Å². The molecule has 1 heterocycles. The summed E-state index contributed by atoms with van der Waals surface area (Å²) in [6, 6.07) is 9.52. The smallest absolute Gasteiger partial charge is 0.187 e. The number of thioether (sulfide) groups is 1. The van der Waals surface area contributed by atoms with Crippen molar-refractivity contribution in [2.24, 2.45) is 0 Å². The molecule has 2 rings (SSSR count). The van der Waals surface area contributed by atoms with Crippen LogP contribution in [-0.2, 0) is 0 Å². The average Bonchev–Trinajstić information content (AvgIpc) is 2.38. The molecule has 0 unspecified atom stereocenters. The fourth-order valence-corrected chi connectivity index (χ4v) is 2.15. The minimum absolute atomic E-state index is 0.744. The molecule has 0 saturated heterocycles. The first-order valence-electron chi connectivity index (χ1n) is 5.24. The lowest BCUT2D eigenvalue weighted by molar-refractivity contribution is 0.966. The van der Waals surface area contributed by atoms with Crippen molar-refractivity contribution >= 4 is 29.1 Å². The van der Waals surface area contributed by atoms with Crippen LogP contribution in [0.25, 0.3) is 0 Å². The van der Waals surface area contributed by atoms with Gasteiger partial charge in [0.25, 0.3) is 0 Å². The molecule has 0 amide bonds. The zero-order valence-electron chi connectivity index (χ0n) is 9.14. The highest BCUT2D eigenvalue weighted by molar-refractivity contribution is 7.99. The second-order valence-electron chi connectivity index (χ2n) is 3.29. The third-order valence-corrected chi connectivity index (χ3v) is 3.27. The summed E-state index contributed by atoms with van der Waals surface area (Å²) in [5, 5.41) is 4.82. The van der Waals surface area contributed by atoms with Crippen LogP contribution in [0.3, 0.4) is 0 Å². The van der Waals surface area contributed by atoms with E-state index in [-0.39, 0.29) is 0 Å². The van der Waals surface area contributed by atoms with Crippen LogP contribution in [0, 0.1) is 0 Å². The van der Waals surface area contributed by atoms with Crippen molar-refractivity contribution in [1.82, 2.24) is 9.97 Å². The summed E-state index contributed by atoms with van der Waals surface area (Å²) in [5.74, 6) is 0.898. The van der Waals surface area contributed by atoms with E-state index in [0.717, 1.165) is 28.2 Å². The lowest BCUT2D eigenvalue weighted by Gasteiger charge is -2.07. The summed E-state index contributed by atoms with van der Waals surface area (Å²) in [4.78, 5) is 8.28. The summed E-state index contributed by atoms with van der Waals surface area (Å²) in [7, 11) is 0. The molecule has 0 fully saturated rings. The Hall–Kier alpha value is -1.26. The number of hydrogen-bond acceptors (Lipinski definition) is 4. The van der Waals surface area contributed by atoms with E-state index in [4.69, 9.17) is 11.6 Å². The van der Waals surface area contributed by atoms with Gasteiger partial charge in [-0.15, -0.1) is 0 Å². The Labute approximate surface area is 110 Å². The number of aromatic nitrogens is 2. The Morgan fingerprint density at radius 1 is 1.12 bits per heavy atom. The first-order chi connectivity index (χ1) is 8.36. The molecule has 0 aliphatic heterocycles.